The second kappa shape index (κ2) is 7.46. The number of rotatable bonds is 3. The maximum Gasteiger partial charge on any atom is -0.0132 e. The Kier molecular flexibility index (Phi) is 6.00. The molecule has 0 aromatic heterocycles. The molecule has 0 heteroatoms. The van der Waals surface area contributed by atoms with Gasteiger partial charge in [-0.3, -0.25) is 0 Å². The van der Waals surface area contributed by atoms with Crippen LogP contribution in [0.25, 0.3) is 0 Å². The summed E-state index contributed by atoms with van der Waals surface area (Å²) in [5.74, 6) is 0.503. The molecule has 2 aromatic carbocycles. The minimum absolute atomic E-state index is 0.169. The topological polar surface area (TPSA) is 0 Å². The molecule has 0 spiro atoms. The molecule has 0 N–H and O–H groups in total. The van der Waals surface area contributed by atoms with Gasteiger partial charge in [0.05, 0.1) is 0 Å². The first-order valence-electron chi connectivity index (χ1n) is 10.4. The molecule has 0 heterocycles. The van der Waals surface area contributed by atoms with Crippen molar-refractivity contribution in [3.63, 3.8) is 0 Å². The molecule has 0 saturated carbocycles. The van der Waals surface area contributed by atoms with Crippen molar-refractivity contribution in [3.8, 4) is 0 Å². The lowest BCUT2D eigenvalue weighted by Gasteiger charge is -2.28. The molecule has 1 atom stereocenters. The van der Waals surface area contributed by atoms with Crippen molar-refractivity contribution in [2.45, 2.75) is 97.8 Å². The summed E-state index contributed by atoms with van der Waals surface area (Å²) in [5, 5.41) is 0. The van der Waals surface area contributed by atoms with Gasteiger partial charge < -0.3 is 0 Å². The van der Waals surface area contributed by atoms with Gasteiger partial charge in [-0.25, -0.2) is 0 Å². The van der Waals surface area contributed by atoms with Crippen LogP contribution in [0.1, 0.15) is 103 Å². The molecule has 27 heavy (non-hydrogen) atoms. The molecule has 148 valence electrons. The van der Waals surface area contributed by atoms with Crippen LogP contribution in [0.2, 0.25) is 0 Å². The summed E-state index contributed by atoms with van der Waals surface area (Å²) in [7, 11) is 0. The van der Waals surface area contributed by atoms with E-state index in [-0.39, 0.29) is 16.2 Å². The Morgan fingerprint density at radius 3 is 1.56 bits per heavy atom. The van der Waals surface area contributed by atoms with Gasteiger partial charge in [0.15, 0.2) is 0 Å². The minimum Gasteiger partial charge on any atom is -0.0617 e. The molecule has 0 aliphatic heterocycles. The lowest BCUT2D eigenvalue weighted by atomic mass is 9.77. The third kappa shape index (κ3) is 5.71. The lowest BCUT2D eigenvalue weighted by molar-refractivity contribution is 0.564. The van der Waals surface area contributed by atoms with E-state index >= 15 is 0 Å². The van der Waals surface area contributed by atoms with E-state index < -0.39 is 0 Å². The van der Waals surface area contributed by atoms with Gasteiger partial charge in [-0.05, 0) is 56.4 Å². The SMILES string of the molecule is CC(Cc1cccc(C(C)(C)C)c1)c1cc(C(C)(C)C)cc(C(C)(C)C)c1. The van der Waals surface area contributed by atoms with E-state index in [1.807, 2.05) is 0 Å². The highest BCUT2D eigenvalue weighted by Crippen LogP contribution is 2.34. The lowest BCUT2D eigenvalue weighted by Crippen LogP contribution is -2.17. The van der Waals surface area contributed by atoms with Crippen molar-refractivity contribution >= 4 is 0 Å². The van der Waals surface area contributed by atoms with Gasteiger partial charge in [0.1, 0.15) is 0 Å². The molecular weight excluding hydrogens is 324 g/mol. The number of benzene rings is 2. The quantitative estimate of drug-likeness (QED) is 0.518. The molecular formula is C27H40. The van der Waals surface area contributed by atoms with Crippen LogP contribution in [0, 0.1) is 0 Å². The Balaban J connectivity index is 2.40. The van der Waals surface area contributed by atoms with Gasteiger partial charge in [-0.1, -0.05) is 112 Å². The van der Waals surface area contributed by atoms with E-state index in [4.69, 9.17) is 0 Å². The van der Waals surface area contributed by atoms with Gasteiger partial charge >= 0.3 is 0 Å². The molecule has 2 rings (SSSR count). The normalized spacial score (nSPS) is 14.3. The van der Waals surface area contributed by atoms with Crippen LogP contribution < -0.4 is 0 Å². The second-order valence-electron chi connectivity index (χ2n) is 11.4. The van der Waals surface area contributed by atoms with Gasteiger partial charge in [0, 0.05) is 0 Å². The van der Waals surface area contributed by atoms with Crippen LogP contribution in [0.5, 0.6) is 0 Å². The molecule has 0 aliphatic rings. The zero-order chi connectivity index (χ0) is 20.6. The number of hydrogen-bond donors (Lipinski definition) is 0. The summed E-state index contributed by atoms with van der Waals surface area (Å²) < 4.78 is 0. The molecule has 0 amide bonds. The largest absolute Gasteiger partial charge is 0.0617 e. The van der Waals surface area contributed by atoms with Gasteiger partial charge in [-0.2, -0.15) is 0 Å². The Labute approximate surface area is 168 Å². The molecule has 1 unspecified atom stereocenters. The summed E-state index contributed by atoms with van der Waals surface area (Å²) in [4.78, 5) is 0. The van der Waals surface area contributed by atoms with Crippen LogP contribution in [0.4, 0.5) is 0 Å². The van der Waals surface area contributed by atoms with Crippen molar-refractivity contribution in [2.75, 3.05) is 0 Å². The van der Waals surface area contributed by atoms with E-state index in [0.29, 0.717) is 5.92 Å². The van der Waals surface area contributed by atoms with Crippen molar-refractivity contribution in [1.29, 1.82) is 0 Å². The maximum absolute atomic E-state index is 2.44. The van der Waals surface area contributed by atoms with E-state index in [0.717, 1.165) is 6.42 Å². The average molecular weight is 365 g/mol. The smallest absolute Gasteiger partial charge is 0.0132 e. The molecule has 0 radical (unpaired) electrons. The Hall–Kier alpha value is -1.56. The van der Waals surface area contributed by atoms with Gasteiger partial charge in [0.2, 0.25) is 0 Å². The average Bonchev–Trinajstić information content (AvgIpc) is 2.52. The Morgan fingerprint density at radius 2 is 1.11 bits per heavy atom. The van der Waals surface area contributed by atoms with Crippen LogP contribution in [-0.4, -0.2) is 0 Å². The summed E-state index contributed by atoms with van der Waals surface area (Å²) in [6, 6.07) is 16.4. The molecule has 0 saturated heterocycles. The van der Waals surface area contributed by atoms with Crippen LogP contribution in [0.3, 0.4) is 0 Å². The van der Waals surface area contributed by atoms with Crippen LogP contribution in [0.15, 0.2) is 42.5 Å². The highest BCUT2D eigenvalue weighted by molar-refractivity contribution is 5.39. The number of hydrogen-bond acceptors (Lipinski definition) is 0. The van der Waals surface area contributed by atoms with Crippen LogP contribution >= 0.6 is 0 Å². The minimum atomic E-state index is 0.169. The molecule has 0 fully saturated rings. The maximum atomic E-state index is 2.44. The van der Waals surface area contributed by atoms with Crippen molar-refractivity contribution in [1.82, 2.24) is 0 Å². The zero-order valence-corrected chi connectivity index (χ0v) is 19.3. The fraction of sp³-hybridized carbons (Fsp3) is 0.556. The van der Waals surface area contributed by atoms with E-state index in [9.17, 15) is 0 Å². The van der Waals surface area contributed by atoms with Crippen molar-refractivity contribution in [2.24, 2.45) is 0 Å². The molecule has 0 bridgehead atoms. The second-order valence-corrected chi connectivity index (χ2v) is 11.4. The first-order chi connectivity index (χ1) is 12.2. The molecule has 0 aliphatic carbocycles. The Bertz CT molecular complexity index is 741. The van der Waals surface area contributed by atoms with Gasteiger partial charge in [0.25, 0.3) is 0 Å². The Morgan fingerprint density at radius 1 is 0.630 bits per heavy atom. The fourth-order valence-corrected chi connectivity index (χ4v) is 3.44. The predicted molar refractivity (Wildman–Crippen MR) is 121 cm³/mol. The van der Waals surface area contributed by atoms with E-state index in [1.54, 1.807) is 0 Å². The highest BCUT2D eigenvalue weighted by Gasteiger charge is 2.22. The summed E-state index contributed by atoms with van der Waals surface area (Å²) in [5.41, 5.74) is 7.75. The zero-order valence-electron chi connectivity index (χ0n) is 19.3. The van der Waals surface area contributed by atoms with Crippen LogP contribution in [-0.2, 0) is 22.7 Å². The first kappa shape index (κ1) is 21.7. The molecule has 0 nitrogen and oxygen atoms in total. The summed E-state index contributed by atoms with van der Waals surface area (Å²) in [6.45, 7) is 23.1. The summed E-state index contributed by atoms with van der Waals surface area (Å²) in [6.07, 6.45) is 1.08. The predicted octanol–water partition coefficient (Wildman–Crippen LogP) is 7.93. The fourth-order valence-electron chi connectivity index (χ4n) is 3.44. The highest BCUT2D eigenvalue weighted by atomic mass is 14.3. The molecule has 2 aromatic rings. The standard InChI is InChI=1S/C27H40/c1-19(14-20-12-11-13-22(15-20)25(2,3)4)21-16-23(26(5,6)7)18-24(17-21)27(8,9)10/h11-13,15-19H,14H2,1-10H3. The summed E-state index contributed by atoms with van der Waals surface area (Å²) >= 11 is 0. The van der Waals surface area contributed by atoms with Gasteiger partial charge in [-0.15, -0.1) is 0 Å². The van der Waals surface area contributed by atoms with E-state index in [1.165, 1.54) is 27.8 Å². The first-order valence-corrected chi connectivity index (χ1v) is 10.4. The third-order valence-electron chi connectivity index (χ3n) is 5.59. The monoisotopic (exact) mass is 364 g/mol. The third-order valence-corrected chi connectivity index (χ3v) is 5.59. The van der Waals surface area contributed by atoms with E-state index in [2.05, 4.69) is 112 Å². The van der Waals surface area contributed by atoms with Crippen molar-refractivity contribution in [3.05, 3.63) is 70.3 Å². The van der Waals surface area contributed by atoms with Crippen molar-refractivity contribution < 1.29 is 0 Å².